The van der Waals surface area contributed by atoms with Gasteiger partial charge in [0, 0.05) is 11.0 Å². The van der Waals surface area contributed by atoms with Gasteiger partial charge in [-0.25, -0.2) is 0 Å². The Bertz CT molecular complexity index is 381. The van der Waals surface area contributed by atoms with Gasteiger partial charge in [0.15, 0.2) is 0 Å². The van der Waals surface area contributed by atoms with Crippen molar-refractivity contribution in [2.45, 2.75) is 38.3 Å². The lowest BCUT2D eigenvalue weighted by Gasteiger charge is -2.33. The highest BCUT2D eigenvalue weighted by Crippen LogP contribution is 2.31. The number of hydrogen-bond donors (Lipinski definition) is 0. The minimum Gasteiger partial charge on any atom is -0.344 e. The molecule has 0 spiro atoms. The van der Waals surface area contributed by atoms with Crippen molar-refractivity contribution < 1.29 is 0 Å². The van der Waals surface area contributed by atoms with Gasteiger partial charge < -0.3 is 4.23 Å². The number of halogens is 1. The summed E-state index contributed by atoms with van der Waals surface area (Å²) in [5.74, 6) is 0. The molecule has 1 aromatic rings. The average molecular weight is 314 g/mol. The first-order chi connectivity index (χ1) is 7.49. The third kappa shape index (κ3) is 2.67. The molecular weight excluding hydrogens is 294 g/mol. The van der Waals surface area contributed by atoms with E-state index in [2.05, 4.69) is 64.1 Å². The first-order valence-corrected chi connectivity index (χ1v) is 12.4. The van der Waals surface area contributed by atoms with E-state index in [9.17, 15) is 0 Å². The molecular formula is C12H20BrNSi2. The Morgan fingerprint density at radius 2 is 2.19 bits per heavy atom. The molecule has 1 aliphatic rings. The van der Waals surface area contributed by atoms with Crippen LogP contribution in [0.2, 0.25) is 31.7 Å². The van der Waals surface area contributed by atoms with Crippen molar-refractivity contribution in [3.8, 4) is 0 Å². The minimum atomic E-state index is -1.05. The average Bonchev–Trinajstić information content (AvgIpc) is 2.45. The molecule has 2 rings (SSSR count). The van der Waals surface area contributed by atoms with E-state index in [0.29, 0.717) is 0 Å². The Morgan fingerprint density at radius 3 is 2.75 bits per heavy atom. The summed E-state index contributed by atoms with van der Waals surface area (Å²) in [6, 6.07) is 11.8. The van der Waals surface area contributed by atoms with Crippen LogP contribution in [0.1, 0.15) is 5.56 Å². The van der Waals surface area contributed by atoms with Crippen LogP contribution in [0.5, 0.6) is 0 Å². The molecule has 0 radical (unpaired) electrons. The van der Waals surface area contributed by atoms with E-state index in [0.717, 1.165) is 0 Å². The molecule has 1 aliphatic heterocycles. The van der Waals surface area contributed by atoms with Crippen LogP contribution in [0.25, 0.3) is 0 Å². The summed E-state index contributed by atoms with van der Waals surface area (Å²) in [4.78, 5) is 0. The number of benzene rings is 1. The lowest BCUT2D eigenvalue weighted by Crippen LogP contribution is -2.47. The van der Waals surface area contributed by atoms with Crippen LogP contribution in [-0.4, -0.2) is 21.4 Å². The molecule has 0 aromatic heterocycles. The van der Waals surface area contributed by atoms with Crippen molar-refractivity contribution in [1.29, 1.82) is 0 Å². The second-order valence-electron chi connectivity index (χ2n) is 5.46. The standard InChI is InChI=1S/C12H20BrNSi2/c1-15-7-8-16(2,3)14(15)10-11-5-4-6-12(13)9-11/h4-6,9,15H,7-8,10H2,1-3H3. The summed E-state index contributed by atoms with van der Waals surface area (Å²) in [6.07, 6.45) is 0. The van der Waals surface area contributed by atoms with E-state index in [4.69, 9.17) is 0 Å². The smallest absolute Gasteiger partial charge is 0.115 e. The molecule has 0 bridgehead atoms. The van der Waals surface area contributed by atoms with Crippen molar-refractivity contribution in [1.82, 2.24) is 4.23 Å². The molecule has 0 N–H and O–H groups in total. The van der Waals surface area contributed by atoms with Gasteiger partial charge in [-0.1, -0.05) is 47.7 Å². The fourth-order valence-corrected chi connectivity index (χ4v) is 14.9. The molecule has 1 heterocycles. The van der Waals surface area contributed by atoms with Crippen molar-refractivity contribution in [2.24, 2.45) is 0 Å². The first-order valence-electron chi connectivity index (χ1n) is 6.00. The molecule has 1 fully saturated rings. The molecule has 0 saturated carbocycles. The maximum Gasteiger partial charge on any atom is 0.115 e. The van der Waals surface area contributed by atoms with E-state index in [1.54, 1.807) is 0 Å². The summed E-state index contributed by atoms with van der Waals surface area (Å²) in [5, 5.41) is 0. The van der Waals surface area contributed by atoms with Crippen molar-refractivity contribution in [2.75, 3.05) is 0 Å². The highest BCUT2D eigenvalue weighted by atomic mass is 79.9. The van der Waals surface area contributed by atoms with Crippen LogP contribution in [0.3, 0.4) is 0 Å². The van der Waals surface area contributed by atoms with Crippen LogP contribution in [0.4, 0.5) is 0 Å². The Hall–Kier alpha value is 0.0938. The summed E-state index contributed by atoms with van der Waals surface area (Å²) < 4.78 is 4.10. The maximum absolute atomic E-state index is 3.56. The van der Waals surface area contributed by atoms with Gasteiger partial charge in [-0.3, -0.25) is 0 Å². The molecule has 1 unspecified atom stereocenters. The third-order valence-corrected chi connectivity index (χ3v) is 13.8. The first kappa shape index (κ1) is 12.5. The minimum absolute atomic E-state index is 0.595. The Labute approximate surface area is 110 Å². The fourth-order valence-electron chi connectivity index (χ4n) is 2.66. The van der Waals surface area contributed by atoms with Crippen molar-refractivity contribution in [3.63, 3.8) is 0 Å². The second kappa shape index (κ2) is 4.76. The maximum atomic E-state index is 3.56. The predicted molar refractivity (Wildman–Crippen MR) is 79.8 cm³/mol. The van der Waals surface area contributed by atoms with Crippen molar-refractivity contribution in [3.05, 3.63) is 34.3 Å². The van der Waals surface area contributed by atoms with Gasteiger partial charge in [-0.15, -0.1) is 0 Å². The van der Waals surface area contributed by atoms with Crippen LogP contribution in [0.15, 0.2) is 28.7 Å². The summed E-state index contributed by atoms with van der Waals surface area (Å²) in [6.45, 7) is 8.76. The van der Waals surface area contributed by atoms with Crippen LogP contribution in [-0.2, 0) is 6.54 Å². The number of hydrogen-bond acceptors (Lipinski definition) is 1. The van der Waals surface area contributed by atoms with Gasteiger partial charge >= 0.3 is 0 Å². The lowest BCUT2D eigenvalue weighted by molar-refractivity contribution is 0.639. The van der Waals surface area contributed by atoms with Crippen molar-refractivity contribution >= 4 is 33.1 Å². The van der Waals surface area contributed by atoms with Crippen LogP contribution < -0.4 is 0 Å². The quantitative estimate of drug-likeness (QED) is 0.750. The van der Waals surface area contributed by atoms with Gasteiger partial charge in [0.25, 0.3) is 0 Å². The zero-order valence-corrected chi connectivity index (χ0v) is 14.1. The molecule has 88 valence electrons. The summed E-state index contributed by atoms with van der Waals surface area (Å²) in [5.41, 5.74) is 1.47. The second-order valence-corrected chi connectivity index (χ2v) is 14.5. The van der Waals surface area contributed by atoms with E-state index in [1.165, 1.54) is 28.7 Å². The van der Waals surface area contributed by atoms with E-state index < -0.39 is 17.2 Å². The Kier molecular flexibility index (Phi) is 3.73. The van der Waals surface area contributed by atoms with Gasteiger partial charge in [0.2, 0.25) is 0 Å². The largest absolute Gasteiger partial charge is 0.344 e. The molecule has 16 heavy (non-hydrogen) atoms. The third-order valence-electron chi connectivity index (χ3n) is 3.73. The normalized spacial score (nSPS) is 24.9. The summed E-state index contributed by atoms with van der Waals surface area (Å²) >= 11 is 3.56. The zero-order chi connectivity index (χ0) is 11.8. The molecule has 1 saturated heterocycles. The highest BCUT2D eigenvalue weighted by molar-refractivity contribution is 9.10. The monoisotopic (exact) mass is 313 g/mol. The molecule has 1 nitrogen and oxygen atoms in total. The molecule has 1 aromatic carbocycles. The highest BCUT2D eigenvalue weighted by Gasteiger charge is 2.39. The zero-order valence-electron chi connectivity index (χ0n) is 10.3. The van der Waals surface area contributed by atoms with E-state index in [1.807, 2.05) is 0 Å². The van der Waals surface area contributed by atoms with E-state index in [-0.39, 0.29) is 0 Å². The Balaban J connectivity index is 2.15. The number of nitrogens with zero attached hydrogens (tertiary/aromatic N) is 1. The van der Waals surface area contributed by atoms with Gasteiger partial charge in [0.05, 0.1) is 0 Å². The van der Waals surface area contributed by atoms with Gasteiger partial charge in [-0.2, -0.15) is 0 Å². The fraction of sp³-hybridized carbons (Fsp3) is 0.500. The molecule has 1 atom stereocenters. The SMILES string of the molecule is C[SiH]1CC[Si](C)(C)N1Cc1cccc(Br)c1. The van der Waals surface area contributed by atoms with Crippen LogP contribution in [0, 0.1) is 0 Å². The Morgan fingerprint density at radius 1 is 1.44 bits per heavy atom. The van der Waals surface area contributed by atoms with Crippen LogP contribution >= 0.6 is 15.9 Å². The van der Waals surface area contributed by atoms with E-state index >= 15 is 0 Å². The molecule has 0 amide bonds. The molecule has 4 heteroatoms. The summed E-state index contributed by atoms with van der Waals surface area (Å²) in [7, 11) is -1.65. The van der Waals surface area contributed by atoms with Gasteiger partial charge in [0.1, 0.15) is 17.2 Å². The lowest BCUT2D eigenvalue weighted by atomic mass is 10.2. The molecule has 0 aliphatic carbocycles. The van der Waals surface area contributed by atoms with Gasteiger partial charge in [-0.05, 0) is 29.8 Å². The topological polar surface area (TPSA) is 3.24 Å². The number of rotatable bonds is 2. The predicted octanol–water partition coefficient (Wildman–Crippen LogP) is 3.82.